The molecule has 110 valence electrons. The van der Waals surface area contributed by atoms with Crippen molar-refractivity contribution in [2.45, 2.75) is 31.3 Å². The highest BCUT2D eigenvalue weighted by atomic mass is 16.3. The summed E-state index contributed by atoms with van der Waals surface area (Å²) in [5.41, 5.74) is 1.29. The van der Waals surface area contributed by atoms with Crippen molar-refractivity contribution >= 4 is 5.91 Å². The molecule has 3 rings (SSSR count). The van der Waals surface area contributed by atoms with E-state index in [1.165, 1.54) is 5.56 Å². The van der Waals surface area contributed by atoms with E-state index in [4.69, 9.17) is 4.42 Å². The lowest BCUT2D eigenvalue weighted by molar-refractivity contribution is -0.136. The number of piperazine rings is 1. The summed E-state index contributed by atoms with van der Waals surface area (Å²) < 4.78 is 5.58. The molecule has 0 bridgehead atoms. The van der Waals surface area contributed by atoms with Crippen LogP contribution in [0.3, 0.4) is 0 Å². The fraction of sp³-hybridized carbons (Fsp3) is 0.667. The monoisotopic (exact) mass is 277 g/mol. The van der Waals surface area contributed by atoms with E-state index in [0.717, 1.165) is 44.7 Å². The number of carbonyl (C=O) groups excluding carboxylic acids is 1. The Kier molecular flexibility index (Phi) is 3.81. The maximum absolute atomic E-state index is 12.4. The highest BCUT2D eigenvalue weighted by Crippen LogP contribution is 2.36. The van der Waals surface area contributed by atoms with Crippen LogP contribution in [0.2, 0.25) is 0 Å². The van der Waals surface area contributed by atoms with Crippen LogP contribution in [-0.2, 0) is 11.2 Å². The predicted molar refractivity (Wildman–Crippen MR) is 76.4 cm³/mol. The maximum atomic E-state index is 12.4. The second-order valence-electron chi connectivity index (χ2n) is 5.90. The highest BCUT2D eigenvalue weighted by Gasteiger charge is 2.37. The minimum Gasteiger partial charge on any atom is -0.469 e. The second-order valence-corrected chi connectivity index (χ2v) is 5.90. The van der Waals surface area contributed by atoms with Crippen LogP contribution in [0.25, 0.3) is 0 Å². The number of rotatable bonds is 2. The molecule has 1 aromatic heterocycles. The first-order valence-electron chi connectivity index (χ1n) is 7.42. The van der Waals surface area contributed by atoms with Gasteiger partial charge in [0, 0.05) is 51.8 Å². The quantitative estimate of drug-likeness (QED) is 0.877. The van der Waals surface area contributed by atoms with Crippen LogP contribution in [0, 0.1) is 0 Å². The van der Waals surface area contributed by atoms with Crippen molar-refractivity contribution in [3.05, 3.63) is 23.7 Å². The van der Waals surface area contributed by atoms with Gasteiger partial charge in [-0.2, -0.15) is 0 Å². The zero-order valence-corrected chi connectivity index (χ0v) is 12.3. The molecule has 1 aliphatic carbocycles. The summed E-state index contributed by atoms with van der Waals surface area (Å²) in [6, 6.07) is 2.34. The number of carbonyl (C=O) groups is 1. The summed E-state index contributed by atoms with van der Waals surface area (Å²) in [7, 11) is 3.67. The highest BCUT2D eigenvalue weighted by molar-refractivity contribution is 5.81. The van der Waals surface area contributed by atoms with Crippen molar-refractivity contribution in [3.8, 4) is 0 Å². The molecule has 1 N–H and O–H groups in total. The Balaban J connectivity index is 1.86. The molecule has 0 saturated carbocycles. The third-order valence-electron chi connectivity index (χ3n) is 4.43. The Labute approximate surface area is 119 Å². The van der Waals surface area contributed by atoms with E-state index < -0.39 is 0 Å². The SMILES string of the molecule is CN(C)C(=O)C1CNCCN1C1CCCc2occc21. The lowest BCUT2D eigenvalue weighted by Crippen LogP contribution is -2.58. The van der Waals surface area contributed by atoms with E-state index in [1.54, 1.807) is 11.2 Å². The van der Waals surface area contributed by atoms with E-state index in [9.17, 15) is 4.79 Å². The molecule has 0 aromatic carbocycles. The maximum Gasteiger partial charge on any atom is 0.240 e. The number of hydrogen-bond acceptors (Lipinski definition) is 4. The fourth-order valence-corrected chi connectivity index (χ4v) is 3.43. The van der Waals surface area contributed by atoms with Crippen molar-refractivity contribution in [1.82, 2.24) is 15.1 Å². The Bertz CT molecular complexity index is 483. The molecule has 1 saturated heterocycles. The first-order valence-corrected chi connectivity index (χ1v) is 7.42. The van der Waals surface area contributed by atoms with E-state index >= 15 is 0 Å². The molecule has 1 aliphatic heterocycles. The Hall–Kier alpha value is -1.33. The Morgan fingerprint density at radius 3 is 3.15 bits per heavy atom. The zero-order valence-electron chi connectivity index (χ0n) is 12.3. The van der Waals surface area contributed by atoms with Gasteiger partial charge < -0.3 is 14.6 Å². The second kappa shape index (κ2) is 5.58. The number of hydrogen-bond donors (Lipinski definition) is 1. The molecule has 1 amide bonds. The summed E-state index contributed by atoms with van der Waals surface area (Å²) in [6.07, 6.45) is 5.06. The van der Waals surface area contributed by atoms with Gasteiger partial charge in [-0.05, 0) is 18.9 Å². The van der Waals surface area contributed by atoms with E-state index in [-0.39, 0.29) is 11.9 Å². The van der Waals surface area contributed by atoms with Crippen LogP contribution < -0.4 is 5.32 Å². The number of nitrogens with one attached hydrogen (secondary N) is 1. The average molecular weight is 277 g/mol. The van der Waals surface area contributed by atoms with Crippen LogP contribution in [0.5, 0.6) is 0 Å². The van der Waals surface area contributed by atoms with E-state index in [1.807, 2.05) is 14.1 Å². The molecule has 2 atom stereocenters. The molecule has 1 fully saturated rings. The summed E-state index contributed by atoms with van der Waals surface area (Å²) in [6.45, 7) is 2.60. The molecule has 20 heavy (non-hydrogen) atoms. The smallest absolute Gasteiger partial charge is 0.240 e. The van der Waals surface area contributed by atoms with Crippen LogP contribution in [0.1, 0.15) is 30.2 Å². The summed E-state index contributed by atoms with van der Waals surface area (Å²) >= 11 is 0. The number of amides is 1. The molecule has 0 radical (unpaired) electrons. The van der Waals surface area contributed by atoms with Crippen molar-refractivity contribution in [1.29, 1.82) is 0 Å². The first kappa shape index (κ1) is 13.6. The van der Waals surface area contributed by atoms with Crippen LogP contribution >= 0.6 is 0 Å². The summed E-state index contributed by atoms with van der Waals surface area (Å²) in [4.78, 5) is 16.5. The average Bonchev–Trinajstić information content (AvgIpc) is 2.94. The third-order valence-corrected chi connectivity index (χ3v) is 4.43. The zero-order chi connectivity index (χ0) is 14.1. The lowest BCUT2D eigenvalue weighted by Gasteiger charge is -2.42. The standard InChI is InChI=1S/C15H23N3O2/c1-17(2)15(19)13-10-16-7-8-18(13)12-4-3-5-14-11(12)6-9-20-14/h6,9,12-13,16H,3-5,7-8,10H2,1-2H3. The minimum absolute atomic E-state index is 0.0652. The fourth-order valence-electron chi connectivity index (χ4n) is 3.43. The lowest BCUT2D eigenvalue weighted by atomic mass is 9.90. The molecular formula is C15H23N3O2. The molecular weight excluding hydrogens is 254 g/mol. The van der Waals surface area contributed by atoms with Crippen LogP contribution in [-0.4, -0.2) is 55.5 Å². The number of likely N-dealkylation sites (N-methyl/N-ethyl adjacent to an activating group) is 1. The number of aryl methyl sites for hydroxylation is 1. The number of furan rings is 1. The van der Waals surface area contributed by atoms with Crippen molar-refractivity contribution in [2.75, 3.05) is 33.7 Å². The largest absolute Gasteiger partial charge is 0.469 e. The van der Waals surface area contributed by atoms with Crippen LogP contribution in [0.15, 0.2) is 16.7 Å². The van der Waals surface area contributed by atoms with Gasteiger partial charge >= 0.3 is 0 Å². The molecule has 2 unspecified atom stereocenters. The predicted octanol–water partition coefficient (Wildman–Crippen LogP) is 1.02. The minimum atomic E-state index is -0.0652. The Morgan fingerprint density at radius 2 is 2.35 bits per heavy atom. The summed E-state index contributed by atoms with van der Waals surface area (Å²) in [5.74, 6) is 1.30. The summed E-state index contributed by atoms with van der Waals surface area (Å²) in [5, 5.41) is 3.34. The van der Waals surface area contributed by atoms with E-state index in [2.05, 4.69) is 16.3 Å². The van der Waals surface area contributed by atoms with Gasteiger partial charge in [0.05, 0.1) is 6.26 Å². The Morgan fingerprint density at radius 1 is 1.50 bits per heavy atom. The topological polar surface area (TPSA) is 48.7 Å². The molecule has 2 aliphatic rings. The number of fused-ring (bicyclic) bond motifs is 1. The van der Waals surface area contributed by atoms with Crippen molar-refractivity contribution in [3.63, 3.8) is 0 Å². The van der Waals surface area contributed by atoms with Gasteiger partial charge in [-0.25, -0.2) is 0 Å². The molecule has 1 aromatic rings. The van der Waals surface area contributed by atoms with E-state index in [0.29, 0.717) is 6.04 Å². The van der Waals surface area contributed by atoms with Gasteiger partial charge in [0.25, 0.3) is 0 Å². The first-order chi connectivity index (χ1) is 9.68. The van der Waals surface area contributed by atoms with Gasteiger partial charge in [0.15, 0.2) is 0 Å². The van der Waals surface area contributed by atoms with Gasteiger partial charge in [0.1, 0.15) is 11.8 Å². The van der Waals surface area contributed by atoms with Crippen molar-refractivity contribution in [2.24, 2.45) is 0 Å². The molecule has 5 heteroatoms. The van der Waals surface area contributed by atoms with Crippen molar-refractivity contribution < 1.29 is 9.21 Å². The van der Waals surface area contributed by atoms with Gasteiger partial charge in [-0.15, -0.1) is 0 Å². The van der Waals surface area contributed by atoms with Gasteiger partial charge in [-0.3, -0.25) is 9.69 Å². The molecule has 0 spiro atoms. The molecule has 2 heterocycles. The number of nitrogens with zero attached hydrogens (tertiary/aromatic N) is 2. The molecule has 5 nitrogen and oxygen atoms in total. The van der Waals surface area contributed by atoms with Gasteiger partial charge in [-0.1, -0.05) is 0 Å². The van der Waals surface area contributed by atoms with Crippen LogP contribution in [0.4, 0.5) is 0 Å². The normalized spacial score (nSPS) is 27.1. The van der Waals surface area contributed by atoms with Gasteiger partial charge in [0.2, 0.25) is 5.91 Å². The third kappa shape index (κ3) is 2.36.